The van der Waals surface area contributed by atoms with E-state index in [1.807, 2.05) is 13.0 Å². The standard InChI is InChI=1S/C35H64O6/c1-3-4-5-6-7-8-9-13-16-19-22-31(37)33-24-25-34(41-33)32(38)23-20-17-14-11-10-12-15-18-21-30(36)27-29-26-28(2)40-35(29)39/h26,28,30-34,36-38H,3-25,27H2,1-2H3/t28-,30+,31+,32+,33-,34+/m0/s1. The number of aliphatic hydroxyl groups excluding tert-OH is 3. The minimum absolute atomic E-state index is 0.102. The molecule has 3 N–H and O–H groups in total. The molecule has 6 atom stereocenters. The minimum Gasteiger partial charge on any atom is -0.455 e. The summed E-state index contributed by atoms with van der Waals surface area (Å²) < 4.78 is 11.2. The van der Waals surface area contributed by atoms with Gasteiger partial charge in [-0.3, -0.25) is 0 Å². The smallest absolute Gasteiger partial charge is 0.334 e. The molecule has 0 spiro atoms. The number of rotatable bonds is 26. The zero-order chi connectivity index (χ0) is 29.7. The van der Waals surface area contributed by atoms with Gasteiger partial charge in [0.15, 0.2) is 0 Å². The molecular weight excluding hydrogens is 516 g/mol. The number of hydrogen-bond donors (Lipinski definition) is 3. The summed E-state index contributed by atoms with van der Waals surface area (Å²) in [7, 11) is 0. The van der Waals surface area contributed by atoms with Gasteiger partial charge in [0.2, 0.25) is 0 Å². The molecule has 0 saturated carbocycles. The van der Waals surface area contributed by atoms with Gasteiger partial charge in [-0.1, -0.05) is 122 Å². The van der Waals surface area contributed by atoms with Crippen molar-refractivity contribution in [3.63, 3.8) is 0 Å². The fourth-order valence-corrected chi connectivity index (χ4v) is 6.40. The van der Waals surface area contributed by atoms with Crippen LogP contribution in [0.15, 0.2) is 11.6 Å². The number of cyclic esters (lactones) is 1. The molecule has 0 unspecified atom stereocenters. The summed E-state index contributed by atoms with van der Waals surface area (Å²) in [6.45, 7) is 4.10. The average Bonchev–Trinajstić information content (AvgIpc) is 3.57. The second-order valence-electron chi connectivity index (χ2n) is 13.0. The Bertz CT molecular complexity index is 694. The third kappa shape index (κ3) is 16.5. The number of carbonyl (C=O) groups is 1. The molecule has 1 fully saturated rings. The lowest BCUT2D eigenvalue weighted by molar-refractivity contribution is -0.139. The monoisotopic (exact) mass is 580 g/mol. The Labute approximate surface area is 251 Å². The lowest BCUT2D eigenvalue weighted by Crippen LogP contribution is -2.31. The lowest BCUT2D eigenvalue weighted by atomic mass is 9.99. The third-order valence-corrected chi connectivity index (χ3v) is 9.03. The zero-order valence-corrected chi connectivity index (χ0v) is 26.6. The lowest BCUT2D eigenvalue weighted by Gasteiger charge is -2.22. The highest BCUT2D eigenvalue weighted by molar-refractivity contribution is 5.90. The number of esters is 1. The summed E-state index contributed by atoms with van der Waals surface area (Å²) in [6.07, 6.45) is 26.7. The number of unbranched alkanes of at least 4 members (excludes halogenated alkanes) is 16. The molecule has 0 aromatic rings. The van der Waals surface area contributed by atoms with Crippen LogP contribution in [0.25, 0.3) is 0 Å². The molecule has 2 aliphatic heterocycles. The quantitative estimate of drug-likeness (QED) is 0.0707. The molecule has 0 aliphatic carbocycles. The van der Waals surface area contributed by atoms with E-state index in [1.165, 1.54) is 83.5 Å². The Morgan fingerprint density at radius 3 is 1.51 bits per heavy atom. The summed E-state index contributed by atoms with van der Waals surface area (Å²) in [4.78, 5) is 11.6. The number of hydrogen-bond acceptors (Lipinski definition) is 6. The predicted molar refractivity (Wildman–Crippen MR) is 167 cm³/mol. The molecule has 0 bridgehead atoms. The zero-order valence-electron chi connectivity index (χ0n) is 26.6. The second-order valence-corrected chi connectivity index (χ2v) is 13.0. The van der Waals surface area contributed by atoms with Crippen LogP contribution in [0.3, 0.4) is 0 Å². The normalized spacial score (nSPS) is 23.0. The van der Waals surface area contributed by atoms with Gasteiger partial charge in [-0.15, -0.1) is 0 Å². The van der Waals surface area contributed by atoms with Crippen molar-refractivity contribution in [2.24, 2.45) is 0 Å². The van der Waals surface area contributed by atoms with Gasteiger partial charge in [0.25, 0.3) is 0 Å². The van der Waals surface area contributed by atoms with E-state index in [-0.39, 0.29) is 24.3 Å². The number of carbonyl (C=O) groups excluding carboxylic acids is 1. The van der Waals surface area contributed by atoms with Crippen molar-refractivity contribution in [2.45, 2.75) is 205 Å². The first kappa shape index (κ1) is 36.2. The molecule has 0 aromatic heterocycles. The maximum Gasteiger partial charge on any atom is 0.334 e. The molecule has 2 rings (SSSR count). The minimum atomic E-state index is -0.461. The van der Waals surface area contributed by atoms with Gasteiger partial charge in [-0.25, -0.2) is 4.79 Å². The van der Waals surface area contributed by atoms with Crippen LogP contribution in [-0.4, -0.2) is 57.9 Å². The van der Waals surface area contributed by atoms with Gasteiger partial charge in [0.05, 0.1) is 30.5 Å². The molecule has 2 aliphatic rings. The molecule has 6 nitrogen and oxygen atoms in total. The van der Waals surface area contributed by atoms with Crippen molar-refractivity contribution >= 4 is 5.97 Å². The van der Waals surface area contributed by atoms with Crippen LogP contribution in [0, 0.1) is 0 Å². The SMILES string of the molecule is CCCCCCCCCCCC[C@@H](O)[C@@H]1CC[C@H]([C@H](O)CCCCCCCCCC[C@@H](O)CC2=C[C@H](C)OC2=O)O1. The van der Waals surface area contributed by atoms with Crippen molar-refractivity contribution in [1.82, 2.24) is 0 Å². The average molecular weight is 581 g/mol. The molecule has 41 heavy (non-hydrogen) atoms. The van der Waals surface area contributed by atoms with Gasteiger partial charge in [-0.2, -0.15) is 0 Å². The van der Waals surface area contributed by atoms with Gasteiger partial charge < -0.3 is 24.8 Å². The predicted octanol–water partition coefficient (Wildman–Crippen LogP) is 8.09. The summed E-state index contributed by atoms with van der Waals surface area (Å²) in [5, 5.41) is 31.4. The van der Waals surface area contributed by atoms with Crippen molar-refractivity contribution in [3.05, 3.63) is 11.6 Å². The summed E-state index contributed by atoms with van der Waals surface area (Å²) in [5.74, 6) is -0.280. The molecule has 0 amide bonds. The molecule has 0 radical (unpaired) electrons. The van der Waals surface area contributed by atoms with Crippen LogP contribution in [0.2, 0.25) is 0 Å². The van der Waals surface area contributed by atoms with E-state index in [0.29, 0.717) is 12.0 Å². The Balaban J connectivity index is 1.37. The van der Waals surface area contributed by atoms with Crippen molar-refractivity contribution in [1.29, 1.82) is 0 Å². The third-order valence-electron chi connectivity index (χ3n) is 9.03. The van der Waals surface area contributed by atoms with Gasteiger partial charge in [0, 0.05) is 12.0 Å². The fraction of sp³-hybridized carbons (Fsp3) is 0.914. The topological polar surface area (TPSA) is 96.2 Å². The second kappa shape index (κ2) is 22.6. The van der Waals surface area contributed by atoms with E-state index >= 15 is 0 Å². The van der Waals surface area contributed by atoms with Crippen LogP contribution >= 0.6 is 0 Å². The largest absolute Gasteiger partial charge is 0.455 e. The van der Waals surface area contributed by atoms with Gasteiger partial charge >= 0.3 is 5.97 Å². The Morgan fingerprint density at radius 1 is 0.683 bits per heavy atom. The van der Waals surface area contributed by atoms with E-state index in [9.17, 15) is 20.1 Å². The maximum atomic E-state index is 11.6. The highest BCUT2D eigenvalue weighted by Gasteiger charge is 2.34. The van der Waals surface area contributed by atoms with Crippen LogP contribution in [0.5, 0.6) is 0 Å². The van der Waals surface area contributed by atoms with Crippen LogP contribution in [0.1, 0.15) is 168 Å². The first-order chi connectivity index (χ1) is 19.9. The molecule has 1 saturated heterocycles. The molecule has 0 aromatic carbocycles. The van der Waals surface area contributed by atoms with Crippen LogP contribution in [0.4, 0.5) is 0 Å². The van der Waals surface area contributed by atoms with E-state index in [4.69, 9.17) is 9.47 Å². The number of aliphatic hydroxyl groups is 3. The molecular formula is C35H64O6. The maximum absolute atomic E-state index is 11.6. The van der Waals surface area contributed by atoms with E-state index in [0.717, 1.165) is 64.2 Å². The number of ether oxygens (including phenoxy) is 2. The fourth-order valence-electron chi connectivity index (χ4n) is 6.40. The van der Waals surface area contributed by atoms with Crippen molar-refractivity contribution < 1.29 is 29.6 Å². The summed E-state index contributed by atoms with van der Waals surface area (Å²) >= 11 is 0. The van der Waals surface area contributed by atoms with Gasteiger partial charge in [0.1, 0.15) is 6.10 Å². The summed E-state index contributed by atoms with van der Waals surface area (Å²) in [5.41, 5.74) is 0.617. The Kier molecular flexibility index (Phi) is 20.0. The van der Waals surface area contributed by atoms with E-state index < -0.39 is 18.3 Å². The van der Waals surface area contributed by atoms with Crippen LogP contribution < -0.4 is 0 Å². The molecule has 2 heterocycles. The summed E-state index contributed by atoms with van der Waals surface area (Å²) in [6, 6.07) is 0. The first-order valence-corrected chi connectivity index (χ1v) is 17.5. The van der Waals surface area contributed by atoms with Crippen molar-refractivity contribution in [2.75, 3.05) is 0 Å². The Morgan fingerprint density at radius 2 is 1.10 bits per heavy atom. The highest BCUT2D eigenvalue weighted by Crippen LogP contribution is 2.28. The first-order valence-electron chi connectivity index (χ1n) is 17.5. The Hall–Kier alpha value is -0.950. The van der Waals surface area contributed by atoms with Crippen molar-refractivity contribution in [3.8, 4) is 0 Å². The van der Waals surface area contributed by atoms with Crippen LogP contribution in [-0.2, 0) is 14.3 Å². The van der Waals surface area contributed by atoms with Gasteiger partial charge in [-0.05, 0) is 45.1 Å². The van der Waals surface area contributed by atoms with E-state index in [1.54, 1.807) is 0 Å². The molecule has 6 heteroatoms. The van der Waals surface area contributed by atoms with E-state index in [2.05, 4.69) is 6.92 Å². The highest BCUT2D eigenvalue weighted by atomic mass is 16.5. The molecule has 240 valence electrons.